The van der Waals surface area contributed by atoms with Crippen LogP contribution < -0.4 is 5.32 Å². The maximum Gasteiger partial charge on any atom is 0.152 e. The lowest BCUT2D eigenvalue weighted by Crippen LogP contribution is -2.09. The summed E-state index contributed by atoms with van der Waals surface area (Å²) < 4.78 is 0. The lowest BCUT2D eigenvalue weighted by atomic mass is 10.2. The highest BCUT2D eigenvalue weighted by atomic mass is 35.5. The van der Waals surface area contributed by atoms with Gasteiger partial charge in [0.15, 0.2) is 5.75 Å². The predicted molar refractivity (Wildman–Crippen MR) is 56.9 cm³/mol. The van der Waals surface area contributed by atoms with E-state index in [2.05, 4.69) is 5.32 Å². The van der Waals surface area contributed by atoms with Crippen LogP contribution in [0.25, 0.3) is 0 Å². The molecule has 72 valence electrons. The Bertz CT molecular complexity index is 289. The largest absolute Gasteiger partial charge is 0.505 e. The van der Waals surface area contributed by atoms with Gasteiger partial charge in [0.1, 0.15) is 0 Å². The number of halogens is 2. The molecular formula is C9H11Cl2NO. The molecule has 0 fully saturated rings. The van der Waals surface area contributed by atoms with Crippen molar-refractivity contribution in [2.75, 3.05) is 5.32 Å². The summed E-state index contributed by atoms with van der Waals surface area (Å²) in [6.45, 7) is 4.02. The second kappa shape index (κ2) is 4.07. The molecule has 0 heterocycles. The number of anilines is 1. The van der Waals surface area contributed by atoms with E-state index in [-0.39, 0.29) is 15.8 Å². The molecule has 2 N–H and O–H groups in total. The van der Waals surface area contributed by atoms with Gasteiger partial charge in [0, 0.05) is 11.7 Å². The van der Waals surface area contributed by atoms with Crippen molar-refractivity contribution in [2.45, 2.75) is 19.9 Å². The third-order valence-electron chi connectivity index (χ3n) is 1.47. The van der Waals surface area contributed by atoms with Crippen LogP contribution in [-0.2, 0) is 0 Å². The summed E-state index contributed by atoms with van der Waals surface area (Å²) in [5.74, 6) is -0.0716. The minimum atomic E-state index is -0.0716. The third kappa shape index (κ3) is 2.68. The normalized spacial score (nSPS) is 10.5. The van der Waals surface area contributed by atoms with Gasteiger partial charge in [-0.25, -0.2) is 0 Å². The molecule has 1 rings (SSSR count). The van der Waals surface area contributed by atoms with Crippen molar-refractivity contribution in [3.05, 3.63) is 22.2 Å². The number of phenolic OH excluding ortho intramolecular Hbond substituents is 1. The van der Waals surface area contributed by atoms with Crippen molar-refractivity contribution in [1.29, 1.82) is 0 Å². The average Bonchev–Trinajstić information content (AvgIpc) is 1.98. The van der Waals surface area contributed by atoms with Crippen molar-refractivity contribution >= 4 is 28.9 Å². The van der Waals surface area contributed by atoms with Gasteiger partial charge in [0.25, 0.3) is 0 Å². The monoisotopic (exact) mass is 219 g/mol. The van der Waals surface area contributed by atoms with Gasteiger partial charge in [0.05, 0.1) is 10.0 Å². The third-order valence-corrected chi connectivity index (χ3v) is 2.05. The second-order valence-corrected chi connectivity index (χ2v) is 3.90. The standard InChI is InChI=1S/C9H11Cl2NO/c1-5(2)12-6-3-7(10)9(13)8(11)4-6/h3-5,12-13H,1-2H3. The molecule has 0 atom stereocenters. The molecular weight excluding hydrogens is 209 g/mol. The van der Waals surface area contributed by atoms with Crippen LogP contribution in [0.2, 0.25) is 10.0 Å². The molecule has 0 saturated carbocycles. The van der Waals surface area contributed by atoms with Gasteiger partial charge < -0.3 is 10.4 Å². The highest BCUT2D eigenvalue weighted by Gasteiger charge is 2.06. The first-order chi connectivity index (χ1) is 6.00. The molecule has 0 radical (unpaired) electrons. The van der Waals surface area contributed by atoms with Crippen LogP contribution in [0.15, 0.2) is 12.1 Å². The molecule has 1 aromatic rings. The summed E-state index contributed by atoms with van der Waals surface area (Å²) in [7, 11) is 0. The van der Waals surface area contributed by atoms with Gasteiger partial charge in [0.2, 0.25) is 0 Å². The Morgan fingerprint density at radius 2 is 1.69 bits per heavy atom. The first kappa shape index (κ1) is 10.5. The van der Waals surface area contributed by atoms with E-state index in [1.165, 1.54) is 0 Å². The van der Waals surface area contributed by atoms with E-state index < -0.39 is 0 Å². The molecule has 13 heavy (non-hydrogen) atoms. The quantitative estimate of drug-likeness (QED) is 0.747. The predicted octanol–water partition coefficient (Wildman–Crippen LogP) is 3.52. The maximum atomic E-state index is 9.27. The Labute approximate surface area is 87.5 Å². The summed E-state index contributed by atoms with van der Waals surface area (Å²) in [4.78, 5) is 0. The highest BCUT2D eigenvalue weighted by Crippen LogP contribution is 2.34. The van der Waals surface area contributed by atoms with Crippen LogP contribution in [0, 0.1) is 0 Å². The highest BCUT2D eigenvalue weighted by molar-refractivity contribution is 6.37. The zero-order valence-corrected chi connectivity index (χ0v) is 8.95. The summed E-state index contributed by atoms with van der Waals surface area (Å²) in [5.41, 5.74) is 0.808. The van der Waals surface area contributed by atoms with Gasteiger partial charge >= 0.3 is 0 Å². The number of aromatic hydroxyl groups is 1. The fraction of sp³-hybridized carbons (Fsp3) is 0.333. The molecule has 0 amide bonds. The molecule has 0 unspecified atom stereocenters. The van der Waals surface area contributed by atoms with Crippen LogP contribution in [0.1, 0.15) is 13.8 Å². The minimum absolute atomic E-state index is 0.0716. The fourth-order valence-electron chi connectivity index (χ4n) is 0.982. The van der Waals surface area contributed by atoms with E-state index in [9.17, 15) is 5.11 Å². The Hall–Kier alpha value is -0.600. The number of hydrogen-bond acceptors (Lipinski definition) is 2. The van der Waals surface area contributed by atoms with E-state index in [4.69, 9.17) is 23.2 Å². The fourth-order valence-corrected chi connectivity index (χ4v) is 1.47. The molecule has 0 bridgehead atoms. The van der Waals surface area contributed by atoms with Gasteiger partial charge in [-0.15, -0.1) is 0 Å². The molecule has 0 aliphatic rings. The van der Waals surface area contributed by atoms with E-state index in [0.29, 0.717) is 6.04 Å². The first-order valence-electron chi connectivity index (χ1n) is 3.95. The SMILES string of the molecule is CC(C)Nc1cc(Cl)c(O)c(Cl)c1. The number of benzene rings is 1. The van der Waals surface area contributed by atoms with Crippen molar-refractivity contribution in [3.8, 4) is 5.75 Å². The van der Waals surface area contributed by atoms with Gasteiger partial charge in [-0.2, -0.15) is 0 Å². The van der Waals surface area contributed by atoms with Gasteiger partial charge in [-0.05, 0) is 26.0 Å². The molecule has 0 aliphatic heterocycles. The van der Waals surface area contributed by atoms with E-state index in [1.54, 1.807) is 12.1 Å². The summed E-state index contributed by atoms with van der Waals surface area (Å²) >= 11 is 11.5. The number of hydrogen-bond donors (Lipinski definition) is 2. The van der Waals surface area contributed by atoms with E-state index in [0.717, 1.165) is 5.69 Å². The molecule has 0 spiro atoms. The van der Waals surface area contributed by atoms with Crippen molar-refractivity contribution in [3.63, 3.8) is 0 Å². The van der Waals surface area contributed by atoms with Crippen molar-refractivity contribution < 1.29 is 5.11 Å². The van der Waals surface area contributed by atoms with Crippen LogP contribution in [0.5, 0.6) is 5.75 Å². The molecule has 2 nitrogen and oxygen atoms in total. The first-order valence-corrected chi connectivity index (χ1v) is 4.71. The Balaban J connectivity index is 2.99. The Morgan fingerprint density at radius 3 is 2.08 bits per heavy atom. The molecule has 1 aromatic carbocycles. The number of rotatable bonds is 2. The lowest BCUT2D eigenvalue weighted by Gasteiger charge is -2.11. The van der Waals surface area contributed by atoms with Crippen LogP contribution >= 0.6 is 23.2 Å². The zero-order valence-electron chi connectivity index (χ0n) is 7.44. The Morgan fingerprint density at radius 1 is 1.23 bits per heavy atom. The lowest BCUT2D eigenvalue weighted by molar-refractivity contribution is 0.476. The van der Waals surface area contributed by atoms with Crippen LogP contribution in [0.4, 0.5) is 5.69 Å². The number of phenols is 1. The van der Waals surface area contributed by atoms with E-state index in [1.807, 2.05) is 13.8 Å². The molecule has 0 aromatic heterocycles. The van der Waals surface area contributed by atoms with Crippen molar-refractivity contribution in [1.82, 2.24) is 0 Å². The Kier molecular flexibility index (Phi) is 3.28. The van der Waals surface area contributed by atoms with E-state index >= 15 is 0 Å². The van der Waals surface area contributed by atoms with Crippen LogP contribution in [-0.4, -0.2) is 11.1 Å². The van der Waals surface area contributed by atoms with Gasteiger partial charge in [-0.1, -0.05) is 23.2 Å². The summed E-state index contributed by atoms with van der Waals surface area (Å²) in [6, 6.07) is 3.59. The van der Waals surface area contributed by atoms with Gasteiger partial charge in [-0.3, -0.25) is 0 Å². The number of nitrogens with one attached hydrogen (secondary N) is 1. The molecule has 0 saturated heterocycles. The topological polar surface area (TPSA) is 32.3 Å². The minimum Gasteiger partial charge on any atom is -0.505 e. The van der Waals surface area contributed by atoms with Crippen LogP contribution in [0.3, 0.4) is 0 Å². The average molecular weight is 220 g/mol. The zero-order chi connectivity index (χ0) is 10.0. The van der Waals surface area contributed by atoms with Crippen molar-refractivity contribution in [2.24, 2.45) is 0 Å². The summed E-state index contributed by atoms with van der Waals surface area (Å²) in [6.07, 6.45) is 0. The molecule has 4 heteroatoms. The smallest absolute Gasteiger partial charge is 0.152 e. The maximum absolute atomic E-state index is 9.27. The second-order valence-electron chi connectivity index (χ2n) is 3.09. The summed E-state index contributed by atoms with van der Waals surface area (Å²) in [5, 5.41) is 12.9. The molecule has 0 aliphatic carbocycles.